The molecule has 0 radical (unpaired) electrons. The standard InChI is InChI=1S/C15H10BrFN2O/c16-8-5-6-12-10(7-8)13(14(18)15(20)19-12)9-3-1-2-4-11(9)17/h1-7H,18H2,(H,19,20). The summed E-state index contributed by atoms with van der Waals surface area (Å²) in [5.41, 5.74) is 6.82. The molecule has 1 heterocycles. The molecule has 1 aromatic heterocycles. The Bertz CT molecular complexity index is 873. The van der Waals surface area contributed by atoms with Crippen LogP contribution in [0.5, 0.6) is 0 Å². The van der Waals surface area contributed by atoms with Crippen LogP contribution in [0.3, 0.4) is 0 Å². The molecular weight excluding hydrogens is 323 g/mol. The van der Waals surface area contributed by atoms with Crippen LogP contribution in [0, 0.1) is 5.82 Å². The average molecular weight is 333 g/mol. The van der Waals surface area contributed by atoms with Crippen LogP contribution in [0.2, 0.25) is 0 Å². The zero-order valence-corrected chi connectivity index (χ0v) is 11.9. The van der Waals surface area contributed by atoms with E-state index in [1.165, 1.54) is 6.07 Å². The first-order valence-electron chi connectivity index (χ1n) is 5.94. The number of hydrogen-bond acceptors (Lipinski definition) is 2. The van der Waals surface area contributed by atoms with E-state index < -0.39 is 11.4 Å². The number of hydrogen-bond donors (Lipinski definition) is 2. The first-order chi connectivity index (χ1) is 9.58. The van der Waals surface area contributed by atoms with E-state index in [-0.39, 0.29) is 5.69 Å². The van der Waals surface area contributed by atoms with Gasteiger partial charge in [0.1, 0.15) is 11.5 Å². The van der Waals surface area contributed by atoms with Crippen molar-refractivity contribution < 1.29 is 4.39 Å². The lowest BCUT2D eigenvalue weighted by Gasteiger charge is -2.11. The minimum Gasteiger partial charge on any atom is -0.394 e. The van der Waals surface area contributed by atoms with Gasteiger partial charge < -0.3 is 10.7 Å². The summed E-state index contributed by atoms with van der Waals surface area (Å²) in [5, 5.41) is 0.696. The number of aromatic nitrogens is 1. The third-order valence-electron chi connectivity index (χ3n) is 3.16. The number of nitrogens with one attached hydrogen (secondary N) is 1. The van der Waals surface area contributed by atoms with Gasteiger partial charge in [-0.1, -0.05) is 34.1 Å². The van der Waals surface area contributed by atoms with Gasteiger partial charge in [-0.2, -0.15) is 0 Å². The number of nitrogens with two attached hydrogens (primary N) is 1. The highest BCUT2D eigenvalue weighted by molar-refractivity contribution is 9.10. The van der Waals surface area contributed by atoms with Gasteiger partial charge in [0, 0.05) is 26.5 Å². The van der Waals surface area contributed by atoms with E-state index in [4.69, 9.17) is 5.73 Å². The fourth-order valence-corrected chi connectivity index (χ4v) is 2.60. The van der Waals surface area contributed by atoms with E-state index in [1.807, 2.05) is 6.07 Å². The Hall–Kier alpha value is -2.14. The van der Waals surface area contributed by atoms with Gasteiger partial charge in [-0.3, -0.25) is 4.79 Å². The molecule has 0 unspecified atom stereocenters. The number of rotatable bonds is 1. The van der Waals surface area contributed by atoms with Gasteiger partial charge >= 0.3 is 0 Å². The van der Waals surface area contributed by atoms with E-state index in [0.29, 0.717) is 22.0 Å². The predicted octanol–water partition coefficient (Wildman–Crippen LogP) is 3.68. The van der Waals surface area contributed by atoms with Gasteiger partial charge in [-0.05, 0) is 24.3 Å². The molecule has 3 aromatic rings. The van der Waals surface area contributed by atoms with Crippen LogP contribution >= 0.6 is 15.9 Å². The smallest absolute Gasteiger partial charge is 0.272 e. The monoisotopic (exact) mass is 332 g/mol. The molecule has 0 bridgehead atoms. The molecule has 0 aliphatic heterocycles. The normalized spacial score (nSPS) is 10.9. The van der Waals surface area contributed by atoms with Crippen molar-refractivity contribution in [2.45, 2.75) is 0 Å². The minimum absolute atomic E-state index is 0.0145. The first-order valence-corrected chi connectivity index (χ1v) is 6.73. The van der Waals surface area contributed by atoms with Crippen molar-refractivity contribution in [2.75, 3.05) is 5.73 Å². The molecule has 0 spiro atoms. The van der Waals surface area contributed by atoms with Crippen LogP contribution in [0.1, 0.15) is 0 Å². The van der Waals surface area contributed by atoms with Crippen molar-refractivity contribution in [3.05, 3.63) is 63.1 Å². The summed E-state index contributed by atoms with van der Waals surface area (Å²) < 4.78 is 14.9. The number of halogens is 2. The molecule has 0 saturated heterocycles. The lowest BCUT2D eigenvalue weighted by atomic mass is 9.99. The van der Waals surface area contributed by atoms with Crippen molar-refractivity contribution in [3.8, 4) is 11.1 Å². The van der Waals surface area contributed by atoms with Gasteiger partial charge in [-0.15, -0.1) is 0 Å². The Morgan fingerprint density at radius 1 is 1.15 bits per heavy atom. The maximum Gasteiger partial charge on any atom is 0.272 e. The Morgan fingerprint density at radius 3 is 2.65 bits per heavy atom. The fourth-order valence-electron chi connectivity index (χ4n) is 2.23. The topological polar surface area (TPSA) is 58.9 Å². The van der Waals surface area contributed by atoms with Crippen LogP contribution < -0.4 is 11.3 Å². The second-order valence-electron chi connectivity index (χ2n) is 4.41. The molecule has 5 heteroatoms. The van der Waals surface area contributed by atoms with E-state index in [0.717, 1.165) is 4.47 Å². The highest BCUT2D eigenvalue weighted by atomic mass is 79.9. The lowest BCUT2D eigenvalue weighted by Crippen LogP contribution is -2.13. The third-order valence-corrected chi connectivity index (χ3v) is 3.65. The minimum atomic E-state index is -0.418. The second kappa shape index (κ2) is 4.76. The van der Waals surface area contributed by atoms with E-state index in [9.17, 15) is 9.18 Å². The number of pyridine rings is 1. The Balaban J connectivity index is 2.51. The average Bonchev–Trinajstić information content (AvgIpc) is 2.42. The number of benzene rings is 2. The van der Waals surface area contributed by atoms with Crippen molar-refractivity contribution in [2.24, 2.45) is 0 Å². The molecule has 3 nitrogen and oxygen atoms in total. The number of fused-ring (bicyclic) bond motifs is 1. The largest absolute Gasteiger partial charge is 0.394 e. The highest BCUT2D eigenvalue weighted by Gasteiger charge is 2.15. The first kappa shape index (κ1) is 12.9. The maximum absolute atomic E-state index is 14.0. The maximum atomic E-state index is 14.0. The summed E-state index contributed by atoms with van der Waals surface area (Å²) in [4.78, 5) is 14.6. The summed E-state index contributed by atoms with van der Waals surface area (Å²) in [6, 6.07) is 11.6. The zero-order chi connectivity index (χ0) is 14.3. The van der Waals surface area contributed by atoms with E-state index in [2.05, 4.69) is 20.9 Å². The molecule has 0 saturated carbocycles. The van der Waals surface area contributed by atoms with Crippen LogP contribution in [-0.2, 0) is 0 Å². The van der Waals surface area contributed by atoms with Gasteiger partial charge in [-0.25, -0.2) is 4.39 Å². The quantitative estimate of drug-likeness (QED) is 0.714. The van der Waals surface area contributed by atoms with Crippen molar-refractivity contribution in [3.63, 3.8) is 0 Å². The molecule has 0 aliphatic rings. The molecule has 100 valence electrons. The van der Waals surface area contributed by atoms with Gasteiger partial charge in [0.05, 0.1) is 0 Å². The summed E-state index contributed by atoms with van der Waals surface area (Å²) in [7, 11) is 0. The molecule has 0 aliphatic carbocycles. The molecule has 0 amide bonds. The predicted molar refractivity (Wildman–Crippen MR) is 82.1 cm³/mol. The molecule has 3 rings (SSSR count). The summed E-state index contributed by atoms with van der Waals surface area (Å²) >= 11 is 3.37. The highest BCUT2D eigenvalue weighted by Crippen LogP contribution is 2.33. The summed E-state index contributed by atoms with van der Waals surface area (Å²) in [6.45, 7) is 0. The Labute approximate surface area is 122 Å². The van der Waals surface area contributed by atoms with E-state index >= 15 is 0 Å². The Kier molecular flexibility index (Phi) is 3.06. The SMILES string of the molecule is Nc1c(-c2ccccc2F)c2cc(Br)ccc2[nH]c1=O. The number of nitrogen functional groups attached to an aromatic ring is 1. The van der Waals surface area contributed by atoms with Crippen LogP contribution in [0.15, 0.2) is 51.7 Å². The van der Waals surface area contributed by atoms with Gasteiger partial charge in [0.2, 0.25) is 0 Å². The van der Waals surface area contributed by atoms with E-state index in [1.54, 1.807) is 30.3 Å². The second-order valence-corrected chi connectivity index (χ2v) is 5.33. The van der Waals surface area contributed by atoms with Gasteiger partial charge in [0.25, 0.3) is 5.56 Å². The number of H-pyrrole nitrogens is 1. The molecule has 0 atom stereocenters. The van der Waals surface area contributed by atoms with Crippen LogP contribution in [-0.4, -0.2) is 4.98 Å². The fraction of sp³-hybridized carbons (Fsp3) is 0. The number of aromatic amines is 1. The summed E-state index contributed by atoms with van der Waals surface area (Å²) in [5.74, 6) is -0.411. The molecule has 20 heavy (non-hydrogen) atoms. The zero-order valence-electron chi connectivity index (χ0n) is 10.3. The van der Waals surface area contributed by atoms with Gasteiger partial charge in [0.15, 0.2) is 0 Å². The van der Waals surface area contributed by atoms with Crippen molar-refractivity contribution >= 4 is 32.5 Å². The third kappa shape index (κ3) is 2.00. The van der Waals surface area contributed by atoms with Crippen LogP contribution in [0.4, 0.5) is 10.1 Å². The molecular formula is C15H10BrFN2O. The summed E-state index contributed by atoms with van der Waals surface area (Å²) in [6.07, 6.45) is 0. The van der Waals surface area contributed by atoms with Crippen molar-refractivity contribution in [1.82, 2.24) is 4.98 Å². The molecule has 0 fully saturated rings. The molecule has 2 aromatic carbocycles. The molecule has 3 N–H and O–H groups in total. The van der Waals surface area contributed by atoms with Crippen LogP contribution in [0.25, 0.3) is 22.0 Å². The van der Waals surface area contributed by atoms with Crippen molar-refractivity contribution in [1.29, 1.82) is 0 Å². The lowest BCUT2D eigenvalue weighted by molar-refractivity contribution is 0.631. The Morgan fingerprint density at radius 2 is 1.90 bits per heavy atom. The number of anilines is 1.